The van der Waals surface area contributed by atoms with Gasteiger partial charge in [0.15, 0.2) is 5.82 Å². The SMILES string of the molecule is COCCN1CCC(NC(=O)c2cc(OC)c(Nc3ncc(Cl)c(N[C@@H]4CCCC[C@H]4N(C)S(C)(=O)=O)n3)cc2Cl)CC1. The smallest absolute Gasteiger partial charge is 0.253 e. The van der Waals surface area contributed by atoms with Crippen molar-refractivity contribution in [1.82, 2.24) is 24.5 Å². The van der Waals surface area contributed by atoms with Gasteiger partial charge in [-0.3, -0.25) is 4.79 Å². The minimum absolute atomic E-state index is 0.0560. The molecule has 4 rings (SSSR count). The van der Waals surface area contributed by atoms with Crippen LogP contribution in [0.15, 0.2) is 18.3 Å². The molecule has 2 fully saturated rings. The molecular formula is C28H41Cl2N7O5S. The second-order valence-corrected chi connectivity index (χ2v) is 13.9. The highest BCUT2D eigenvalue weighted by molar-refractivity contribution is 7.88. The molecule has 3 N–H and O–H groups in total. The summed E-state index contributed by atoms with van der Waals surface area (Å²) in [5, 5.41) is 10.1. The summed E-state index contributed by atoms with van der Waals surface area (Å²) in [7, 11) is 1.43. The first-order valence-electron chi connectivity index (χ1n) is 14.4. The van der Waals surface area contributed by atoms with Crippen molar-refractivity contribution in [3.05, 3.63) is 33.9 Å². The predicted octanol–water partition coefficient (Wildman–Crippen LogP) is 3.99. The molecule has 2 aromatic rings. The van der Waals surface area contributed by atoms with Crippen molar-refractivity contribution in [2.45, 2.75) is 56.7 Å². The van der Waals surface area contributed by atoms with Crippen LogP contribution in [-0.2, 0) is 14.8 Å². The number of rotatable bonds is 12. The van der Waals surface area contributed by atoms with Crippen LogP contribution < -0.4 is 20.7 Å². The fraction of sp³-hybridized carbons (Fsp3) is 0.607. The number of halogens is 2. The second kappa shape index (κ2) is 15.0. The van der Waals surface area contributed by atoms with E-state index in [0.29, 0.717) is 34.4 Å². The van der Waals surface area contributed by atoms with Crippen LogP contribution in [-0.4, -0.2) is 105 Å². The van der Waals surface area contributed by atoms with Crippen molar-refractivity contribution >= 4 is 56.6 Å². The van der Waals surface area contributed by atoms with Crippen LogP contribution in [0.2, 0.25) is 10.0 Å². The van der Waals surface area contributed by atoms with Crippen molar-refractivity contribution in [2.75, 3.05) is 64.4 Å². The first kappa shape index (κ1) is 33.5. The van der Waals surface area contributed by atoms with Gasteiger partial charge in [0.25, 0.3) is 5.91 Å². The third-order valence-corrected chi connectivity index (χ3v) is 10.0. The van der Waals surface area contributed by atoms with Crippen LogP contribution in [0, 0.1) is 0 Å². The number of anilines is 3. The fourth-order valence-corrected chi connectivity index (χ4v) is 6.70. The minimum Gasteiger partial charge on any atom is -0.495 e. The van der Waals surface area contributed by atoms with E-state index in [1.807, 2.05) is 0 Å². The fourth-order valence-electron chi connectivity index (χ4n) is 5.56. The van der Waals surface area contributed by atoms with E-state index in [9.17, 15) is 13.2 Å². The Morgan fingerprint density at radius 2 is 1.84 bits per heavy atom. The van der Waals surface area contributed by atoms with Gasteiger partial charge >= 0.3 is 0 Å². The number of amides is 1. The number of aromatic nitrogens is 2. The molecule has 2 aliphatic rings. The average molecular weight is 659 g/mol. The summed E-state index contributed by atoms with van der Waals surface area (Å²) in [6, 6.07) is 2.85. The van der Waals surface area contributed by atoms with Crippen molar-refractivity contribution in [3.8, 4) is 5.75 Å². The zero-order valence-corrected chi connectivity index (χ0v) is 27.4. The van der Waals surface area contributed by atoms with E-state index in [2.05, 4.69) is 30.8 Å². The van der Waals surface area contributed by atoms with Crippen molar-refractivity contribution < 1.29 is 22.7 Å². The largest absolute Gasteiger partial charge is 0.495 e. The van der Waals surface area contributed by atoms with Crippen LogP contribution in [0.1, 0.15) is 48.9 Å². The standard InChI is InChI=1S/C28H41Cl2N7O5S/c1-36(43(4,39)40)24-8-6-5-7-22(24)33-26-21(30)17-31-28(35-26)34-23-16-20(29)19(15-25(23)42-3)27(38)32-18-9-11-37(12-10-18)13-14-41-2/h15-18,22,24H,5-14H2,1-4H3,(H,32,38)(H2,31,33,34,35)/t22-,24-/m1/s1. The minimum atomic E-state index is -3.37. The van der Waals surface area contributed by atoms with Crippen molar-refractivity contribution in [2.24, 2.45) is 0 Å². The number of likely N-dealkylation sites (tertiary alicyclic amines) is 1. The summed E-state index contributed by atoms with van der Waals surface area (Å²) in [6.07, 6.45) is 7.78. The first-order chi connectivity index (χ1) is 20.5. The maximum absolute atomic E-state index is 13.1. The second-order valence-electron chi connectivity index (χ2n) is 11.0. The predicted molar refractivity (Wildman–Crippen MR) is 169 cm³/mol. The highest BCUT2D eigenvalue weighted by Gasteiger charge is 2.33. The molecule has 1 aromatic carbocycles. The molecule has 15 heteroatoms. The Morgan fingerprint density at radius 3 is 2.51 bits per heavy atom. The molecule has 1 amide bonds. The third kappa shape index (κ3) is 8.83. The Morgan fingerprint density at radius 1 is 1.12 bits per heavy atom. The molecule has 0 spiro atoms. The number of methoxy groups -OCH3 is 2. The molecule has 0 bridgehead atoms. The Kier molecular flexibility index (Phi) is 11.7. The molecule has 43 heavy (non-hydrogen) atoms. The number of nitrogens with one attached hydrogen (secondary N) is 3. The zero-order valence-electron chi connectivity index (χ0n) is 25.0. The Bertz CT molecular complexity index is 1380. The van der Waals surface area contributed by atoms with Gasteiger partial charge in [0.05, 0.1) is 42.4 Å². The number of likely N-dealkylation sites (N-methyl/N-ethyl adjacent to an activating group) is 1. The van der Waals surface area contributed by atoms with Crippen molar-refractivity contribution in [3.63, 3.8) is 0 Å². The molecule has 2 heterocycles. The third-order valence-electron chi connectivity index (χ3n) is 8.10. The number of carbonyl (C=O) groups is 1. The highest BCUT2D eigenvalue weighted by atomic mass is 35.5. The molecule has 1 aromatic heterocycles. The lowest BCUT2D eigenvalue weighted by Crippen LogP contribution is -2.49. The number of benzene rings is 1. The lowest BCUT2D eigenvalue weighted by molar-refractivity contribution is 0.0892. The number of carbonyl (C=O) groups excluding carboxylic acids is 1. The number of sulfonamides is 1. The molecule has 238 valence electrons. The lowest BCUT2D eigenvalue weighted by atomic mass is 9.90. The monoisotopic (exact) mass is 657 g/mol. The van der Waals surface area contributed by atoms with Crippen LogP contribution in [0.4, 0.5) is 17.5 Å². The normalized spacial score (nSPS) is 20.2. The van der Waals surface area contributed by atoms with Crippen LogP contribution in [0.25, 0.3) is 0 Å². The van der Waals surface area contributed by atoms with E-state index in [-0.39, 0.29) is 35.0 Å². The first-order valence-corrected chi connectivity index (χ1v) is 17.0. The van der Waals surface area contributed by atoms with Gasteiger partial charge in [-0.2, -0.15) is 4.98 Å². The summed E-state index contributed by atoms with van der Waals surface area (Å²) in [5.74, 6) is 0.731. The van der Waals surface area contributed by atoms with E-state index in [0.717, 1.165) is 58.2 Å². The molecule has 0 radical (unpaired) electrons. The van der Waals surface area contributed by atoms with E-state index >= 15 is 0 Å². The Hall–Kier alpha value is -2.42. The van der Waals surface area contributed by atoms with E-state index in [4.69, 9.17) is 32.7 Å². The lowest BCUT2D eigenvalue weighted by Gasteiger charge is -2.37. The number of hydrogen-bond acceptors (Lipinski definition) is 10. The van der Waals surface area contributed by atoms with Gasteiger partial charge in [-0.25, -0.2) is 17.7 Å². The van der Waals surface area contributed by atoms with E-state index in [1.54, 1.807) is 26.3 Å². The maximum Gasteiger partial charge on any atom is 0.253 e. The number of hydrogen-bond donors (Lipinski definition) is 3. The summed E-state index contributed by atoms with van der Waals surface area (Å²) in [5.41, 5.74) is 0.778. The van der Waals surface area contributed by atoms with Gasteiger partial charge in [-0.15, -0.1) is 0 Å². The van der Waals surface area contributed by atoms with Gasteiger partial charge in [0.1, 0.15) is 10.8 Å². The quantitative estimate of drug-likeness (QED) is 0.307. The molecule has 0 unspecified atom stereocenters. The summed E-state index contributed by atoms with van der Waals surface area (Å²) in [4.78, 5) is 24.3. The highest BCUT2D eigenvalue weighted by Crippen LogP contribution is 2.34. The summed E-state index contributed by atoms with van der Waals surface area (Å²) < 4.78 is 36.6. The van der Waals surface area contributed by atoms with Gasteiger partial charge in [-0.05, 0) is 37.8 Å². The zero-order chi connectivity index (χ0) is 31.1. The molecule has 1 saturated heterocycles. The molecule has 1 saturated carbocycles. The molecule has 2 atom stereocenters. The number of piperidine rings is 1. The van der Waals surface area contributed by atoms with E-state index < -0.39 is 10.0 Å². The summed E-state index contributed by atoms with van der Waals surface area (Å²) >= 11 is 13.0. The Labute approximate surface area is 263 Å². The van der Waals surface area contributed by atoms with Crippen LogP contribution in [0.5, 0.6) is 5.75 Å². The molecule has 12 nitrogen and oxygen atoms in total. The summed E-state index contributed by atoms with van der Waals surface area (Å²) in [6.45, 7) is 3.35. The van der Waals surface area contributed by atoms with Gasteiger partial charge < -0.3 is 30.3 Å². The van der Waals surface area contributed by atoms with E-state index in [1.165, 1.54) is 23.9 Å². The van der Waals surface area contributed by atoms with Gasteiger partial charge in [0, 0.05) is 51.9 Å². The number of nitrogens with zero attached hydrogens (tertiary/aromatic N) is 4. The topological polar surface area (TPSA) is 138 Å². The average Bonchev–Trinajstić information content (AvgIpc) is 2.98. The Balaban J connectivity index is 1.45. The number of ether oxygens (including phenoxy) is 2. The van der Waals surface area contributed by atoms with Crippen molar-refractivity contribution in [1.29, 1.82) is 0 Å². The van der Waals surface area contributed by atoms with Gasteiger partial charge in [-0.1, -0.05) is 36.0 Å². The maximum atomic E-state index is 13.1. The van der Waals surface area contributed by atoms with Gasteiger partial charge in [0.2, 0.25) is 16.0 Å². The molecular weight excluding hydrogens is 617 g/mol. The molecule has 1 aliphatic carbocycles. The van der Waals surface area contributed by atoms with Crippen LogP contribution >= 0.6 is 23.2 Å². The van der Waals surface area contributed by atoms with Crippen LogP contribution in [0.3, 0.4) is 0 Å². The molecule has 1 aliphatic heterocycles.